The van der Waals surface area contributed by atoms with E-state index in [1.807, 2.05) is 0 Å². The molecule has 0 unspecified atom stereocenters. The number of hydrogen-bond donors (Lipinski definition) is 0. The molecular weight excluding hydrogens is 174 g/mol. The molecule has 0 amide bonds. The minimum absolute atomic E-state index is 0.219. The van der Waals surface area contributed by atoms with Crippen LogP contribution in [-0.2, 0) is 0 Å². The largest absolute Gasteiger partial charge is 0.618 e. The minimum atomic E-state index is 0.219. The molecule has 0 aliphatic carbocycles. The summed E-state index contributed by atoms with van der Waals surface area (Å²) in [5, 5.41) is 10.9. The highest BCUT2D eigenvalue weighted by molar-refractivity contribution is 5.46. The Bertz CT molecular complexity index is 275. The van der Waals surface area contributed by atoms with Crippen molar-refractivity contribution in [3.05, 3.63) is 17.6 Å². The maximum Gasteiger partial charge on any atom is 0.340 e. The Balaban J connectivity index is 3.25. The number of aromatic nitrogens is 1. The Kier molecular flexibility index (Phi) is 2.79. The molecule has 13 heavy (non-hydrogen) atoms. The van der Waals surface area contributed by atoms with E-state index >= 15 is 0 Å². The first-order chi connectivity index (χ1) is 6.22. The zero-order valence-corrected chi connectivity index (χ0v) is 7.66. The summed E-state index contributed by atoms with van der Waals surface area (Å²) in [6, 6.07) is 0. The van der Waals surface area contributed by atoms with Gasteiger partial charge >= 0.3 is 6.20 Å². The van der Waals surface area contributed by atoms with Crippen molar-refractivity contribution in [1.29, 1.82) is 0 Å². The summed E-state index contributed by atoms with van der Waals surface area (Å²) < 4.78 is 15.2. The van der Waals surface area contributed by atoms with Crippen molar-refractivity contribution < 1.29 is 18.9 Å². The summed E-state index contributed by atoms with van der Waals surface area (Å²) in [4.78, 5) is 0. The fourth-order valence-corrected chi connectivity index (χ4v) is 0.937. The zero-order chi connectivity index (χ0) is 9.84. The third-order valence-corrected chi connectivity index (χ3v) is 1.50. The molecule has 0 N–H and O–H groups in total. The van der Waals surface area contributed by atoms with E-state index in [1.54, 1.807) is 0 Å². The van der Waals surface area contributed by atoms with Gasteiger partial charge in [-0.2, -0.15) is 4.73 Å². The van der Waals surface area contributed by atoms with E-state index in [2.05, 4.69) is 6.20 Å². The number of nitrogens with zero attached hydrogens (tertiary/aromatic N) is 1. The molecule has 0 aliphatic heterocycles. The van der Waals surface area contributed by atoms with Gasteiger partial charge in [-0.3, -0.25) is 0 Å². The molecule has 5 heteroatoms. The topological polar surface area (TPSA) is 54.6 Å². The van der Waals surface area contributed by atoms with Gasteiger partial charge in [0.15, 0.2) is 0 Å². The molecule has 1 heterocycles. The highest BCUT2D eigenvalue weighted by Crippen LogP contribution is 2.33. The van der Waals surface area contributed by atoms with Gasteiger partial charge in [0, 0.05) is 0 Å². The van der Waals surface area contributed by atoms with E-state index in [9.17, 15) is 5.21 Å². The maximum atomic E-state index is 10.9. The quantitative estimate of drug-likeness (QED) is 0.495. The van der Waals surface area contributed by atoms with Crippen LogP contribution in [0.2, 0.25) is 0 Å². The Morgan fingerprint density at radius 2 is 1.92 bits per heavy atom. The van der Waals surface area contributed by atoms with Crippen molar-refractivity contribution in [2.45, 2.75) is 0 Å². The highest BCUT2D eigenvalue weighted by Gasteiger charge is 2.17. The third-order valence-electron chi connectivity index (χ3n) is 1.50. The number of ether oxygens (including phenoxy) is 3. The van der Waals surface area contributed by atoms with Crippen LogP contribution in [0.25, 0.3) is 0 Å². The molecule has 0 saturated heterocycles. The maximum absolute atomic E-state index is 10.9. The summed E-state index contributed by atoms with van der Waals surface area (Å²) in [6.07, 6.45) is 3.59. The lowest BCUT2D eigenvalue weighted by molar-refractivity contribution is -0.610. The Hall–Kier alpha value is -1.65. The lowest BCUT2D eigenvalue weighted by Crippen LogP contribution is -2.26. The van der Waals surface area contributed by atoms with Crippen LogP contribution in [-0.4, -0.2) is 21.3 Å². The molecule has 1 rings (SSSR count). The van der Waals surface area contributed by atoms with Gasteiger partial charge in [-0.1, -0.05) is 0 Å². The van der Waals surface area contributed by atoms with Crippen LogP contribution in [0.15, 0.2) is 6.20 Å². The van der Waals surface area contributed by atoms with E-state index in [4.69, 9.17) is 14.2 Å². The Morgan fingerprint density at radius 3 is 2.38 bits per heavy atom. The predicted molar refractivity (Wildman–Crippen MR) is 43.9 cm³/mol. The lowest BCUT2D eigenvalue weighted by Gasteiger charge is -2.09. The van der Waals surface area contributed by atoms with E-state index < -0.39 is 0 Å². The molecule has 0 aromatic carbocycles. The lowest BCUT2D eigenvalue weighted by atomic mass is 10.4. The molecule has 0 spiro atoms. The smallest absolute Gasteiger partial charge is 0.340 e. The van der Waals surface area contributed by atoms with Gasteiger partial charge in [0.25, 0.3) is 0 Å². The van der Waals surface area contributed by atoms with Crippen molar-refractivity contribution >= 4 is 0 Å². The average molecular weight is 184 g/mol. The summed E-state index contributed by atoms with van der Waals surface area (Å²) in [7, 11) is 4.33. The molecular formula is C8H10NO4. The first-order valence-electron chi connectivity index (χ1n) is 3.54. The summed E-state index contributed by atoms with van der Waals surface area (Å²) in [6.45, 7) is 0. The van der Waals surface area contributed by atoms with Crippen molar-refractivity contribution in [3.63, 3.8) is 0 Å². The first kappa shape index (κ1) is 9.44. The number of hydrogen-bond acceptors (Lipinski definition) is 4. The Labute approximate surface area is 76.0 Å². The SMILES string of the molecule is COc1[c][n+]([O-])cc(OC)c1OC. The second kappa shape index (κ2) is 3.84. The van der Waals surface area contributed by atoms with Crippen LogP contribution in [0, 0.1) is 11.4 Å². The van der Waals surface area contributed by atoms with Crippen LogP contribution < -0.4 is 18.9 Å². The first-order valence-corrected chi connectivity index (χ1v) is 3.54. The van der Waals surface area contributed by atoms with Crippen LogP contribution >= 0.6 is 0 Å². The molecule has 71 valence electrons. The van der Waals surface area contributed by atoms with Crippen molar-refractivity contribution in [2.75, 3.05) is 21.3 Å². The van der Waals surface area contributed by atoms with Crippen molar-refractivity contribution in [1.82, 2.24) is 0 Å². The van der Waals surface area contributed by atoms with Gasteiger partial charge < -0.3 is 19.4 Å². The molecule has 1 aromatic rings. The second-order valence-electron chi connectivity index (χ2n) is 2.20. The van der Waals surface area contributed by atoms with Crippen molar-refractivity contribution in [3.8, 4) is 17.2 Å². The van der Waals surface area contributed by atoms with E-state index in [0.29, 0.717) is 16.2 Å². The van der Waals surface area contributed by atoms with Crippen molar-refractivity contribution in [2.24, 2.45) is 0 Å². The Morgan fingerprint density at radius 1 is 1.23 bits per heavy atom. The van der Waals surface area contributed by atoms with Gasteiger partial charge in [0.1, 0.15) is 0 Å². The van der Waals surface area contributed by atoms with E-state index in [-0.39, 0.29) is 5.75 Å². The van der Waals surface area contributed by atoms with Gasteiger partial charge in [0.05, 0.1) is 21.3 Å². The third kappa shape index (κ3) is 1.74. The predicted octanol–water partition coefficient (Wildman–Crippen LogP) is 0.146. The molecule has 1 aromatic heterocycles. The van der Waals surface area contributed by atoms with E-state index in [1.165, 1.54) is 27.5 Å². The summed E-state index contributed by atoms with van der Waals surface area (Å²) in [5.74, 6) is 0.891. The van der Waals surface area contributed by atoms with Gasteiger partial charge in [-0.15, -0.1) is 0 Å². The fourth-order valence-electron chi connectivity index (χ4n) is 0.937. The van der Waals surface area contributed by atoms with Crippen LogP contribution in [0.3, 0.4) is 0 Å². The zero-order valence-electron chi connectivity index (χ0n) is 7.66. The molecule has 0 fully saturated rings. The molecule has 0 saturated carbocycles. The van der Waals surface area contributed by atoms with Gasteiger partial charge in [-0.05, 0) is 0 Å². The molecule has 0 aliphatic rings. The normalized spacial score (nSPS) is 9.46. The highest BCUT2D eigenvalue weighted by atomic mass is 16.5. The molecule has 5 nitrogen and oxygen atoms in total. The minimum Gasteiger partial charge on any atom is -0.618 e. The molecule has 0 bridgehead atoms. The van der Waals surface area contributed by atoms with E-state index in [0.717, 1.165) is 0 Å². The average Bonchev–Trinajstić information content (AvgIpc) is 2.16. The second-order valence-corrected chi connectivity index (χ2v) is 2.20. The van der Waals surface area contributed by atoms with Crippen LogP contribution in [0.1, 0.15) is 0 Å². The monoisotopic (exact) mass is 184 g/mol. The standard InChI is InChI=1S/C8H10NO4/c1-11-6-4-9(10)5-7(12-2)8(6)13-3/h4H,1-3H3. The summed E-state index contributed by atoms with van der Waals surface area (Å²) >= 11 is 0. The van der Waals surface area contributed by atoms with Crippen LogP contribution in [0.4, 0.5) is 0 Å². The molecule has 0 atom stereocenters. The number of methoxy groups -OCH3 is 3. The fraction of sp³-hybridized carbons (Fsp3) is 0.375. The number of rotatable bonds is 3. The van der Waals surface area contributed by atoms with Gasteiger partial charge in [-0.25, -0.2) is 0 Å². The van der Waals surface area contributed by atoms with Crippen LogP contribution in [0.5, 0.6) is 17.2 Å². The molecule has 1 radical (unpaired) electrons. The number of pyridine rings is 1. The summed E-state index contributed by atoms with van der Waals surface area (Å²) in [5.41, 5.74) is 0. The van der Waals surface area contributed by atoms with Gasteiger partial charge in [0.2, 0.25) is 23.4 Å².